The van der Waals surface area contributed by atoms with Crippen LogP contribution in [0.25, 0.3) is 0 Å². The van der Waals surface area contributed by atoms with Crippen LogP contribution in [-0.4, -0.2) is 16.3 Å². The van der Waals surface area contributed by atoms with E-state index in [-0.39, 0.29) is 0 Å². The number of hydrogen-bond donors (Lipinski definition) is 0. The molecule has 1 heterocycles. The number of alkyl halides is 3. The van der Waals surface area contributed by atoms with E-state index in [1.54, 1.807) is 0 Å². The SMILES string of the molecule is O=[N+]([O-])c1cnc(OC(F)(F)F)c(Cl)c1. The molecule has 0 saturated carbocycles. The highest BCUT2D eigenvalue weighted by Crippen LogP contribution is 2.30. The fraction of sp³-hybridized carbons (Fsp3) is 0.167. The van der Waals surface area contributed by atoms with Gasteiger partial charge in [-0.2, -0.15) is 0 Å². The maximum absolute atomic E-state index is 11.7. The number of nitro groups is 1. The molecule has 0 aliphatic heterocycles. The topological polar surface area (TPSA) is 65.3 Å². The average Bonchev–Trinajstić information content (AvgIpc) is 2.05. The summed E-state index contributed by atoms with van der Waals surface area (Å²) in [7, 11) is 0. The van der Waals surface area contributed by atoms with Gasteiger partial charge in [0, 0.05) is 6.07 Å². The summed E-state index contributed by atoms with van der Waals surface area (Å²) in [4.78, 5) is 12.4. The van der Waals surface area contributed by atoms with Crippen molar-refractivity contribution in [3.8, 4) is 5.88 Å². The molecule has 9 heteroatoms. The highest BCUT2D eigenvalue weighted by molar-refractivity contribution is 6.32. The smallest absolute Gasteiger partial charge is 0.386 e. The minimum atomic E-state index is -4.94. The molecule has 0 fully saturated rings. The van der Waals surface area contributed by atoms with Crippen LogP contribution >= 0.6 is 11.6 Å². The van der Waals surface area contributed by atoms with Crippen molar-refractivity contribution in [3.63, 3.8) is 0 Å². The molecule has 0 amide bonds. The van der Waals surface area contributed by atoms with E-state index in [2.05, 4.69) is 9.72 Å². The average molecular weight is 243 g/mol. The van der Waals surface area contributed by atoms with E-state index in [4.69, 9.17) is 11.6 Å². The quantitative estimate of drug-likeness (QED) is 0.590. The van der Waals surface area contributed by atoms with Crippen LogP contribution in [0.5, 0.6) is 5.88 Å². The van der Waals surface area contributed by atoms with E-state index in [1.807, 2.05) is 0 Å². The molecule has 1 aromatic rings. The van der Waals surface area contributed by atoms with E-state index in [9.17, 15) is 23.3 Å². The van der Waals surface area contributed by atoms with Crippen LogP contribution in [0.15, 0.2) is 12.3 Å². The fourth-order valence-corrected chi connectivity index (χ4v) is 0.899. The zero-order chi connectivity index (χ0) is 11.6. The summed E-state index contributed by atoms with van der Waals surface area (Å²) in [6.45, 7) is 0. The fourth-order valence-electron chi connectivity index (χ4n) is 0.700. The number of rotatable bonds is 2. The van der Waals surface area contributed by atoms with Gasteiger partial charge in [-0.3, -0.25) is 10.1 Å². The van der Waals surface area contributed by atoms with Crippen molar-refractivity contribution in [1.82, 2.24) is 4.98 Å². The van der Waals surface area contributed by atoms with Crippen molar-refractivity contribution in [2.75, 3.05) is 0 Å². The number of pyridine rings is 1. The maximum atomic E-state index is 11.7. The molecule has 0 atom stereocenters. The predicted octanol–water partition coefficient (Wildman–Crippen LogP) is 2.54. The first-order valence-corrected chi connectivity index (χ1v) is 3.73. The molecule has 0 bridgehead atoms. The van der Waals surface area contributed by atoms with Gasteiger partial charge in [0.25, 0.3) is 5.69 Å². The van der Waals surface area contributed by atoms with Crippen LogP contribution in [0.2, 0.25) is 5.02 Å². The number of aromatic nitrogens is 1. The Labute approximate surface area is 85.6 Å². The van der Waals surface area contributed by atoms with E-state index < -0.39 is 27.9 Å². The molecule has 1 aromatic heterocycles. The normalized spacial score (nSPS) is 11.2. The van der Waals surface area contributed by atoms with E-state index >= 15 is 0 Å². The summed E-state index contributed by atoms with van der Waals surface area (Å²) in [5.74, 6) is -0.922. The lowest BCUT2D eigenvalue weighted by Crippen LogP contribution is -2.18. The van der Waals surface area contributed by atoms with Crippen molar-refractivity contribution < 1.29 is 22.8 Å². The third-order valence-electron chi connectivity index (χ3n) is 1.22. The lowest BCUT2D eigenvalue weighted by atomic mass is 10.4. The monoisotopic (exact) mass is 242 g/mol. The Morgan fingerprint density at radius 2 is 2.13 bits per heavy atom. The first-order valence-electron chi connectivity index (χ1n) is 3.35. The molecule has 0 aliphatic rings. The molecule has 0 spiro atoms. The number of nitrogens with zero attached hydrogens (tertiary/aromatic N) is 2. The van der Waals surface area contributed by atoms with Gasteiger partial charge in [-0.25, -0.2) is 4.98 Å². The summed E-state index contributed by atoms with van der Waals surface area (Å²) in [6, 6.07) is 0.718. The second-order valence-corrected chi connectivity index (χ2v) is 2.69. The Balaban J connectivity index is 2.99. The molecular formula is C6H2ClF3N2O3. The second-order valence-electron chi connectivity index (χ2n) is 2.29. The minimum absolute atomic E-state index is 0.519. The van der Waals surface area contributed by atoms with E-state index in [1.165, 1.54) is 0 Å². The third-order valence-corrected chi connectivity index (χ3v) is 1.49. The molecule has 0 aliphatic carbocycles. The number of halogens is 4. The van der Waals surface area contributed by atoms with Gasteiger partial charge >= 0.3 is 6.36 Å². The highest BCUT2D eigenvalue weighted by atomic mass is 35.5. The summed E-state index contributed by atoms with van der Waals surface area (Å²) in [5, 5.41) is 9.61. The molecule has 15 heavy (non-hydrogen) atoms. The highest BCUT2D eigenvalue weighted by Gasteiger charge is 2.33. The van der Waals surface area contributed by atoms with Gasteiger partial charge in [-0.1, -0.05) is 11.6 Å². The lowest BCUT2D eigenvalue weighted by molar-refractivity contribution is -0.385. The zero-order valence-electron chi connectivity index (χ0n) is 6.79. The first kappa shape index (κ1) is 11.5. The van der Waals surface area contributed by atoms with E-state index in [0.29, 0.717) is 6.20 Å². The van der Waals surface area contributed by atoms with Crippen LogP contribution in [0.1, 0.15) is 0 Å². The van der Waals surface area contributed by atoms with Crippen LogP contribution < -0.4 is 4.74 Å². The Kier molecular flexibility index (Phi) is 2.98. The largest absolute Gasteiger partial charge is 0.574 e. The first-order chi connectivity index (χ1) is 6.79. The van der Waals surface area contributed by atoms with Gasteiger partial charge in [0.1, 0.15) is 11.2 Å². The van der Waals surface area contributed by atoms with Crippen molar-refractivity contribution in [2.45, 2.75) is 6.36 Å². The molecule has 5 nitrogen and oxygen atoms in total. The molecule has 82 valence electrons. The maximum Gasteiger partial charge on any atom is 0.574 e. The molecule has 0 N–H and O–H groups in total. The zero-order valence-corrected chi connectivity index (χ0v) is 7.54. The van der Waals surface area contributed by atoms with Crippen LogP contribution in [0, 0.1) is 10.1 Å². The van der Waals surface area contributed by atoms with Gasteiger partial charge in [-0.05, 0) is 0 Å². The number of hydrogen-bond acceptors (Lipinski definition) is 4. The number of ether oxygens (including phenoxy) is 1. The second kappa shape index (κ2) is 3.89. The van der Waals surface area contributed by atoms with Crippen LogP contribution in [-0.2, 0) is 0 Å². The van der Waals surface area contributed by atoms with Crippen molar-refractivity contribution in [3.05, 3.63) is 27.4 Å². The van der Waals surface area contributed by atoms with Gasteiger partial charge in [0.05, 0.1) is 4.92 Å². The predicted molar refractivity (Wildman–Crippen MR) is 42.6 cm³/mol. The van der Waals surface area contributed by atoms with Crippen LogP contribution in [0.3, 0.4) is 0 Å². The molecule has 1 rings (SSSR count). The van der Waals surface area contributed by atoms with E-state index in [0.717, 1.165) is 6.07 Å². The summed E-state index contributed by atoms with van der Waals surface area (Å²) in [5.41, 5.74) is -0.519. The van der Waals surface area contributed by atoms with Gasteiger partial charge < -0.3 is 4.74 Å². The van der Waals surface area contributed by atoms with Gasteiger partial charge in [0.15, 0.2) is 0 Å². The minimum Gasteiger partial charge on any atom is -0.386 e. The molecule has 0 saturated heterocycles. The van der Waals surface area contributed by atoms with Crippen molar-refractivity contribution in [1.29, 1.82) is 0 Å². The van der Waals surface area contributed by atoms with Crippen LogP contribution in [0.4, 0.5) is 18.9 Å². The standard InChI is InChI=1S/C6H2ClF3N2O3/c7-4-1-3(12(13)14)2-11-5(4)15-6(8,9)10/h1-2H. The van der Waals surface area contributed by atoms with Gasteiger partial charge in [-0.15, -0.1) is 13.2 Å². The third kappa shape index (κ3) is 3.24. The Hall–Kier alpha value is -1.57. The van der Waals surface area contributed by atoms with Gasteiger partial charge in [0.2, 0.25) is 5.88 Å². The Morgan fingerprint density at radius 1 is 1.53 bits per heavy atom. The molecular weight excluding hydrogens is 241 g/mol. The summed E-state index contributed by atoms with van der Waals surface area (Å²) in [6.07, 6.45) is -4.32. The molecule has 0 aromatic carbocycles. The lowest BCUT2D eigenvalue weighted by Gasteiger charge is -2.08. The van der Waals surface area contributed by atoms with Crippen molar-refractivity contribution in [2.24, 2.45) is 0 Å². The Bertz CT molecular complexity index is 396. The molecule has 0 radical (unpaired) electrons. The summed E-state index contributed by atoms with van der Waals surface area (Å²) >= 11 is 5.29. The summed E-state index contributed by atoms with van der Waals surface area (Å²) < 4.78 is 38.6. The Morgan fingerprint density at radius 3 is 2.53 bits per heavy atom. The molecule has 0 unspecified atom stereocenters. The van der Waals surface area contributed by atoms with Crippen molar-refractivity contribution >= 4 is 17.3 Å².